The molecule has 0 bridgehead atoms. The van der Waals surface area contributed by atoms with E-state index in [1.54, 1.807) is 24.9 Å². The number of likely N-dealkylation sites (N-methyl/N-ethyl adjacent to an activating group) is 1. The van der Waals surface area contributed by atoms with E-state index < -0.39 is 17.4 Å². The fourth-order valence-corrected chi connectivity index (χ4v) is 4.46. The van der Waals surface area contributed by atoms with E-state index in [1.165, 1.54) is 0 Å². The van der Waals surface area contributed by atoms with Crippen molar-refractivity contribution >= 4 is 17.8 Å². The predicted octanol–water partition coefficient (Wildman–Crippen LogP) is 4.07. The van der Waals surface area contributed by atoms with Crippen LogP contribution in [-0.2, 0) is 14.4 Å². The third-order valence-corrected chi connectivity index (χ3v) is 7.18. The van der Waals surface area contributed by atoms with Crippen LogP contribution in [0.1, 0.15) is 87.5 Å². The summed E-state index contributed by atoms with van der Waals surface area (Å²) in [4.78, 5) is 42.5. The maximum Gasteiger partial charge on any atom is 0.331 e. The van der Waals surface area contributed by atoms with Gasteiger partial charge in [0.2, 0.25) is 11.8 Å². The Balaban J connectivity index is 3.20. The first-order chi connectivity index (χ1) is 15.3. The Morgan fingerprint density at radius 2 is 1.76 bits per heavy atom. The summed E-state index contributed by atoms with van der Waals surface area (Å²) in [6.07, 6.45) is 6.32. The molecule has 2 unspecified atom stereocenters. The lowest BCUT2D eigenvalue weighted by atomic mass is 9.84. The van der Waals surface area contributed by atoms with E-state index in [1.807, 2.05) is 34.6 Å². The maximum absolute atomic E-state index is 13.7. The molecule has 7 nitrogen and oxygen atoms in total. The lowest BCUT2D eigenvalue weighted by Gasteiger charge is -2.41. The third-order valence-electron chi connectivity index (χ3n) is 7.18. The number of carbonyl (C=O) groups is 3. The predicted molar refractivity (Wildman–Crippen MR) is 133 cm³/mol. The monoisotopic (exact) mass is 465 g/mol. The Morgan fingerprint density at radius 3 is 2.24 bits per heavy atom. The molecule has 190 valence electrons. The van der Waals surface area contributed by atoms with Crippen LogP contribution >= 0.6 is 0 Å². The maximum atomic E-state index is 13.7. The van der Waals surface area contributed by atoms with Gasteiger partial charge in [0.1, 0.15) is 6.04 Å². The normalized spacial score (nSPS) is 21.6. The van der Waals surface area contributed by atoms with Gasteiger partial charge in [-0.2, -0.15) is 0 Å². The van der Waals surface area contributed by atoms with Crippen LogP contribution in [0.25, 0.3) is 0 Å². The molecule has 1 heterocycles. The van der Waals surface area contributed by atoms with Gasteiger partial charge in [-0.15, -0.1) is 0 Å². The summed E-state index contributed by atoms with van der Waals surface area (Å²) in [5, 5.41) is 12.5. The Hall–Kier alpha value is -1.89. The molecule has 0 spiro atoms. The molecule has 0 aromatic rings. The summed E-state index contributed by atoms with van der Waals surface area (Å²) in [7, 11) is 1.71. The number of carboxylic acid groups (broad SMARTS) is 1. The van der Waals surface area contributed by atoms with Crippen LogP contribution in [0.4, 0.5) is 0 Å². The Kier molecular flexibility index (Phi) is 11.1. The summed E-state index contributed by atoms with van der Waals surface area (Å²) in [6.45, 7) is 16.6. The van der Waals surface area contributed by atoms with Gasteiger partial charge in [-0.25, -0.2) is 4.79 Å². The molecule has 1 aliphatic heterocycles. The minimum atomic E-state index is -0.993. The second kappa shape index (κ2) is 12.5. The van der Waals surface area contributed by atoms with Gasteiger partial charge in [-0.3, -0.25) is 14.5 Å². The molecule has 1 aliphatic rings. The second-order valence-electron chi connectivity index (χ2n) is 10.8. The summed E-state index contributed by atoms with van der Waals surface area (Å²) in [5.74, 6) is -1.20. The van der Waals surface area contributed by atoms with Crippen molar-refractivity contribution in [2.45, 2.75) is 112 Å². The Bertz CT molecular complexity index is 713. The van der Waals surface area contributed by atoms with Crippen molar-refractivity contribution in [3.8, 4) is 0 Å². The first kappa shape index (κ1) is 29.1. The molecule has 0 radical (unpaired) electrons. The molecular formula is C26H47N3O4. The average molecular weight is 466 g/mol. The van der Waals surface area contributed by atoms with Gasteiger partial charge < -0.3 is 15.3 Å². The van der Waals surface area contributed by atoms with E-state index in [-0.39, 0.29) is 35.4 Å². The smallest absolute Gasteiger partial charge is 0.331 e. The van der Waals surface area contributed by atoms with E-state index in [0.717, 1.165) is 38.6 Å². The van der Waals surface area contributed by atoms with Crippen molar-refractivity contribution in [1.29, 1.82) is 0 Å². The van der Waals surface area contributed by atoms with E-state index >= 15 is 0 Å². The van der Waals surface area contributed by atoms with E-state index in [9.17, 15) is 19.5 Å². The molecule has 1 saturated heterocycles. The van der Waals surface area contributed by atoms with Gasteiger partial charge in [0, 0.05) is 18.7 Å². The number of piperidine rings is 1. The number of nitrogens with zero attached hydrogens (tertiary/aromatic N) is 2. The second-order valence-corrected chi connectivity index (χ2v) is 10.8. The molecule has 1 rings (SSSR count). The molecule has 0 aromatic heterocycles. The molecule has 0 aliphatic carbocycles. The number of aliphatic carboxylic acids is 1. The van der Waals surface area contributed by atoms with Crippen molar-refractivity contribution in [2.75, 3.05) is 13.6 Å². The average Bonchev–Trinajstić information content (AvgIpc) is 2.77. The molecule has 5 atom stereocenters. The number of hydrogen-bond donors (Lipinski definition) is 2. The SMILES string of the molecule is CCC(C)N1CCCC[C@@H]1C(=O)NC(C(=O)N(C)[C@H](/C=C(\C)C(=O)O)[C@@H](C)CC)C(C)(C)C. The van der Waals surface area contributed by atoms with Crippen molar-refractivity contribution in [1.82, 2.24) is 15.1 Å². The number of likely N-dealkylation sites (tertiary alicyclic amines) is 1. The summed E-state index contributed by atoms with van der Waals surface area (Å²) in [5.41, 5.74) is -0.287. The third kappa shape index (κ3) is 7.83. The molecule has 1 fully saturated rings. The van der Waals surface area contributed by atoms with E-state index in [0.29, 0.717) is 6.04 Å². The van der Waals surface area contributed by atoms with Crippen molar-refractivity contribution in [2.24, 2.45) is 11.3 Å². The minimum Gasteiger partial charge on any atom is -0.478 e. The highest BCUT2D eigenvalue weighted by molar-refractivity contribution is 5.91. The van der Waals surface area contributed by atoms with Crippen molar-refractivity contribution in [3.63, 3.8) is 0 Å². The van der Waals surface area contributed by atoms with Crippen LogP contribution in [0, 0.1) is 11.3 Å². The lowest BCUT2D eigenvalue weighted by molar-refractivity contribution is -0.142. The number of amides is 2. The molecule has 0 saturated carbocycles. The molecule has 33 heavy (non-hydrogen) atoms. The lowest BCUT2D eigenvalue weighted by Crippen LogP contribution is -2.60. The van der Waals surface area contributed by atoms with E-state index in [2.05, 4.69) is 24.1 Å². The largest absolute Gasteiger partial charge is 0.478 e. The molecule has 2 N–H and O–H groups in total. The van der Waals surface area contributed by atoms with Gasteiger partial charge in [0.15, 0.2) is 0 Å². The van der Waals surface area contributed by atoms with Gasteiger partial charge in [0.05, 0.1) is 12.1 Å². The Labute approximate surface area is 201 Å². The molecule has 0 aromatic carbocycles. The fraction of sp³-hybridized carbons (Fsp3) is 0.808. The van der Waals surface area contributed by atoms with Crippen LogP contribution in [0.15, 0.2) is 11.6 Å². The summed E-state index contributed by atoms with van der Waals surface area (Å²) in [6, 6.07) is -0.991. The number of rotatable bonds is 10. The minimum absolute atomic E-state index is 0.0730. The zero-order chi connectivity index (χ0) is 25.5. The van der Waals surface area contributed by atoms with E-state index in [4.69, 9.17) is 0 Å². The highest BCUT2D eigenvalue weighted by Gasteiger charge is 2.40. The zero-order valence-electron chi connectivity index (χ0n) is 22.3. The quantitative estimate of drug-likeness (QED) is 0.475. The summed E-state index contributed by atoms with van der Waals surface area (Å²) >= 11 is 0. The fourth-order valence-electron chi connectivity index (χ4n) is 4.46. The van der Waals surface area contributed by atoms with Gasteiger partial charge >= 0.3 is 5.97 Å². The molecule has 7 heteroatoms. The van der Waals surface area contributed by atoms with Crippen LogP contribution in [0.3, 0.4) is 0 Å². The first-order valence-electron chi connectivity index (χ1n) is 12.5. The van der Waals surface area contributed by atoms with Gasteiger partial charge in [0.25, 0.3) is 0 Å². The van der Waals surface area contributed by atoms with Crippen LogP contribution in [0.2, 0.25) is 0 Å². The highest BCUT2D eigenvalue weighted by atomic mass is 16.4. The topological polar surface area (TPSA) is 90.0 Å². The zero-order valence-corrected chi connectivity index (χ0v) is 22.3. The first-order valence-corrected chi connectivity index (χ1v) is 12.5. The summed E-state index contributed by atoms with van der Waals surface area (Å²) < 4.78 is 0. The van der Waals surface area contributed by atoms with Crippen molar-refractivity contribution in [3.05, 3.63) is 11.6 Å². The molecule has 2 amide bonds. The van der Waals surface area contributed by atoms with Gasteiger partial charge in [-0.05, 0) is 51.0 Å². The standard InChI is InChI=1S/C26H47N3O4/c1-10-17(3)21(16-18(4)25(32)33)28(9)24(31)22(26(6,7)8)27-23(30)20-14-12-13-15-29(20)19(5)11-2/h16-17,19-22H,10-15H2,1-9H3,(H,27,30)(H,32,33)/b18-16+/t17-,19?,20+,21+,22?/m0/s1. The number of carboxylic acids is 1. The van der Waals surface area contributed by atoms with Crippen LogP contribution in [-0.4, -0.2) is 70.4 Å². The van der Waals surface area contributed by atoms with Crippen molar-refractivity contribution < 1.29 is 19.5 Å². The number of nitrogens with one attached hydrogen (secondary N) is 1. The van der Waals surface area contributed by atoms with Gasteiger partial charge in [-0.1, -0.05) is 60.5 Å². The Morgan fingerprint density at radius 1 is 1.15 bits per heavy atom. The number of carbonyl (C=O) groups excluding carboxylic acids is 2. The van der Waals surface area contributed by atoms with Crippen LogP contribution in [0.5, 0.6) is 0 Å². The molecular weight excluding hydrogens is 418 g/mol. The van der Waals surface area contributed by atoms with Crippen LogP contribution < -0.4 is 5.32 Å². The number of hydrogen-bond acceptors (Lipinski definition) is 4. The highest BCUT2D eigenvalue weighted by Crippen LogP contribution is 2.26.